The van der Waals surface area contributed by atoms with E-state index in [4.69, 9.17) is 4.42 Å². The number of rotatable bonds is 6. The van der Waals surface area contributed by atoms with Crippen LogP contribution in [0.1, 0.15) is 5.76 Å². The second-order valence-corrected chi connectivity index (χ2v) is 5.81. The van der Waals surface area contributed by atoms with Crippen LogP contribution in [0.25, 0.3) is 0 Å². The van der Waals surface area contributed by atoms with Crippen molar-refractivity contribution < 1.29 is 22.7 Å². The molecule has 1 aromatic heterocycles. The summed E-state index contributed by atoms with van der Waals surface area (Å²) < 4.78 is 31.3. The minimum absolute atomic E-state index is 0.205. The third kappa shape index (κ3) is 3.27. The minimum atomic E-state index is -4.23. The molecule has 1 aromatic carbocycles. The maximum absolute atomic E-state index is 12.1. The van der Waals surface area contributed by atoms with Crippen LogP contribution in [0, 0.1) is 20.2 Å². The van der Waals surface area contributed by atoms with Gasteiger partial charge in [-0.15, -0.1) is 0 Å². The topological polar surface area (TPSA) is 146 Å². The van der Waals surface area contributed by atoms with Gasteiger partial charge in [-0.05, 0) is 18.2 Å². The standard InChI is InChI=1S/C11H9N3O7S/c15-13(16)8-3-4-11(10(6-8)14(17)18)22(19,20)12-7-9-2-1-5-21-9/h1-6,12H,7H2. The molecule has 0 aliphatic carbocycles. The van der Waals surface area contributed by atoms with Crippen LogP contribution in [0.15, 0.2) is 45.9 Å². The Morgan fingerprint density at radius 3 is 2.41 bits per heavy atom. The summed E-state index contributed by atoms with van der Waals surface area (Å²) in [6.07, 6.45) is 1.35. The van der Waals surface area contributed by atoms with Crippen LogP contribution >= 0.6 is 0 Å². The summed E-state index contributed by atoms with van der Waals surface area (Å²) in [6, 6.07) is 5.38. The van der Waals surface area contributed by atoms with E-state index >= 15 is 0 Å². The lowest BCUT2D eigenvalue weighted by Gasteiger charge is -2.06. The molecule has 0 aliphatic rings. The van der Waals surface area contributed by atoms with Gasteiger partial charge in [0.25, 0.3) is 11.4 Å². The maximum atomic E-state index is 12.1. The van der Waals surface area contributed by atoms with Gasteiger partial charge < -0.3 is 4.42 Å². The zero-order chi connectivity index (χ0) is 16.3. The summed E-state index contributed by atoms with van der Waals surface area (Å²) in [6.45, 7) is -0.205. The van der Waals surface area contributed by atoms with Crippen LogP contribution in [0.5, 0.6) is 0 Å². The molecule has 0 fully saturated rings. The van der Waals surface area contributed by atoms with E-state index in [0.29, 0.717) is 11.8 Å². The molecule has 0 unspecified atom stereocenters. The van der Waals surface area contributed by atoms with Crippen molar-refractivity contribution in [2.24, 2.45) is 0 Å². The Hall–Kier alpha value is -2.79. The number of furan rings is 1. The molecule has 0 radical (unpaired) electrons. The zero-order valence-corrected chi connectivity index (χ0v) is 11.6. The fraction of sp³-hybridized carbons (Fsp3) is 0.0909. The molecule has 0 atom stereocenters. The average molecular weight is 327 g/mol. The molecule has 0 bridgehead atoms. The van der Waals surface area contributed by atoms with E-state index in [1.54, 1.807) is 6.07 Å². The van der Waals surface area contributed by atoms with E-state index in [1.165, 1.54) is 12.3 Å². The Morgan fingerprint density at radius 1 is 1.14 bits per heavy atom. The highest BCUT2D eigenvalue weighted by atomic mass is 32.2. The highest BCUT2D eigenvalue weighted by Gasteiger charge is 2.28. The van der Waals surface area contributed by atoms with Gasteiger partial charge in [-0.2, -0.15) is 0 Å². The van der Waals surface area contributed by atoms with Gasteiger partial charge in [0.05, 0.1) is 28.7 Å². The van der Waals surface area contributed by atoms with Gasteiger partial charge in [-0.25, -0.2) is 13.1 Å². The first kappa shape index (κ1) is 15.6. The molecule has 116 valence electrons. The third-order valence-electron chi connectivity index (χ3n) is 2.66. The Morgan fingerprint density at radius 2 is 1.86 bits per heavy atom. The summed E-state index contributed by atoms with van der Waals surface area (Å²) in [4.78, 5) is 19.1. The van der Waals surface area contributed by atoms with Crippen molar-refractivity contribution in [2.45, 2.75) is 11.4 Å². The number of nitro benzene ring substituents is 2. The minimum Gasteiger partial charge on any atom is -0.468 e. The van der Waals surface area contributed by atoms with E-state index in [-0.39, 0.29) is 6.54 Å². The van der Waals surface area contributed by atoms with Crippen LogP contribution in [0.4, 0.5) is 11.4 Å². The molecule has 22 heavy (non-hydrogen) atoms. The molecular weight excluding hydrogens is 318 g/mol. The number of sulfonamides is 1. The van der Waals surface area contributed by atoms with Crippen LogP contribution in [-0.2, 0) is 16.6 Å². The van der Waals surface area contributed by atoms with Crippen molar-refractivity contribution in [1.29, 1.82) is 0 Å². The van der Waals surface area contributed by atoms with Crippen LogP contribution in [0.3, 0.4) is 0 Å². The monoisotopic (exact) mass is 327 g/mol. The van der Waals surface area contributed by atoms with Crippen LogP contribution in [-0.4, -0.2) is 18.3 Å². The molecule has 0 spiro atoms. The summed E-state index contributed by atoms with van der Waals surface area (Å²) in [5, 5.41) is 21.6. The van der Waals surface area contributed by atoms with Crippen LogP contribution in [0.2, 0.25) is 0 Å². The quantitative estimate of drug-likeness (QED) is 0.625. The predicted molar refractivity (Wildman–Crippen MR) is 72.5 cm³/mol. The predicted octanol–water partition coefficient (Wildman–Crippen LogP) is 1.57. The lowest BCUT2D eigenvalue weighted by atomic mass is 10.3. The van der Waals surface area contributed by atoms with Gasteiger partial charge in [0, 0.05) is 6.07 Å². The molecular formula is C11H9N3O7S. The smallest absolute Gasteiger partial charge is 0.296 e. The largest absolute Gasteiger partial charge is 0.468 e. The number of nitrogens with one attached hydrogen (secondary N) is 1. The van der Waals surface area contributed by atoms with Gasteiger partial charge in [0.15, 0.2) is 4.90 Å². The second kappa shape index (κ2) is 5.91. The Labute approximate surface area is 123 Å². The SMILES string of the molecule is O=[N+]([O-])c1ccc(S(=O)(=O)NCc2ccco2)c([N+](=O)[O-])c1. The Kier molecular flexibility index (Phi) is 4.19. The van der Waals surface area contributed by atoms with E-state index < -0.39 is 36.1 Å². The number of nitrogens with zero attached hydrogens (tertiary/aromatic N) is 2. The number of hydrogen-bond donors (Lipinski definition) is 1. The van der Waals surface area contributed by atoms with Gasteiger partial charge in [0.1, 0.15) is 5.76 Å². The molecule has 2 aromatic rings. The summed E-state index contributed by atoms with van der Waals surface area (Å²) in [5.41, 5.74) is -1.45. The van der Waals surface area contributed by atoms with Crippen molar-refractivity contribution in [3.8, 4) is 0 Å². The van der Waals surface area contributed by atoms with Crippen molar-refractivity contribution in [3.63, 3.8) is 0 Å². The molecule has 0 aliphatic heterocycles. The number of hydrogen-bond acceptors (Lipinski definition) is 7. The molecule has 0 saturated carbocycles. The highest BCUT2D eigenvalue weighted by Crippen LogP contribution is 2.28. The lowest BCUT2D eigenvalue weighted by molar-refractivity contribution is -0.396. The van der Waals surface area contributed by atoms with Crippen molar-refractivity contribution in [1.82, 2.24) is 4.72 Å². The molecule has 11 heteroatoms. The fourth-order valence-corrected chi connectivity index (χ4v) is 2.79. The van der Waals surface area contributed by atoms with Gasteiger partial charge in [-0.3, -0.25) is 20.2 Å². The van der Waals surface area contributed by atoms with E-state index in [1.807, 2.05) is 0 Å². The zero-order valence-electron chi connectivity index (χ0n) is 10.8. The first-order valence-electron chi connectivity index (χ1n) is 5.76. The molecule has 0 amide bonds. The first-order chi connectivity index (χ1) is 10.3. The average Bonchev–Trinajstić information content (AvgIpc) is 2.97. The summed E-state index contributed by atoms with van der Waals surface area (Å²) >= 11 is 0. The number of nitro groups is 2. The van der Waals surface area contributed by atoms with Gasteiger partial charge in [-0.1, -0.05) is 0 Å². The molecule has 1 N–H and O–H groups in total. The van der Waals surface area contributed by atoms with Crippen molar-refractivity contribution >= 4 is 21.4 Å². The molecule has 10 nitrogen and oxygen atoms in total. The van der Waals surface area contributed by atoms with E-state index in [0.717, 1.165) is 12.1 Å². The fourth-order valence-electron chi connectivity index (χ4n) is 1.65. The normalized spacial score (nSPS) is 11.3. The van der Waals surface area contributed by atoms with Gasteiger partial charge >= 0.3 is 0 Å². The number of benzene rings is 1. The Bertz CT molecular complexity index is 814. The summed E-state index contributed by atoms with van der Waals surface area (Å²) in [7, 11) is -4.23. The molecule has 1 heterocycles. The Balaban J connectivity index is 2.37. The van der Waals surface area contributed by atoms with Crippen molar-refractivity contribution in [3.05, 3.63) is 62.6 Å². The first-order valence-corrected chi connectivity index (χ1v) is 7.24. The van der Waals surface area contributed by atoms with Gasteiger partial charge in [0.2, 0.25) is 10.0 Å². The third-order valence-corrected chi connectivity index (χ3v) is 4.10. The van der Waals surface area contributed by atoms with Crippen LogP contribution < -0.4 is 4.72 Å². The van der Waals surface area contributed by atoms with E-state index in [2.05, 4.69) is 4.72 Å². The van der Waals surface area contributed by atoms with E-state index in [9.17, 15) is 28.6 Å². The molecule has 2 rings (SSSR count). The second-order valence-electron chi connectivity index (χ2n) is 4.07. The number of non-ortho nitro benzene ring substituents is 1. The molecule has 0 saturated heterocycles. The lowest BCUT2D eigenvalue weighted by Crippen LogP contribution is -2.23. The highest BCUT2D eigenvalue weighted by molar-refractivity contribution is 7.89. The maximum Gasteiger partial charge on any atom is 0.296 e. The summed E-state index contributed by atoms with van der Waals surface area (Å²) in [5.74, 6) is 0.313. The van der Waals surface area contributed by atoms with Crippen molar-refractivity contribution in [2.75, 3.05) is 0 Å².